The van der Waals surface area contributed by atoms with E-state index in [4.69, 9.17) is 9.47 Å². The summed E-state index contributed by atoms with van der Waals surface area (Å²) in [6.07, 6.45) is 0.261. The fourth-order valence-corrected chi connectivity index (χ4v) is 2.26. The van der Waals surface area contributed by atoms with Gasteiger partial charge in [-0.1, -0.05) is 13.0 Å². The Morgan fingerprint density at radius 3 is 2.38 bits per heavy atom. The van der Waals surface area contributed by atoms with Crippen LogP contribution in [-0.4, -0.2) is 33.5 Å². The number of hydrogen-bond donors (Lipinski definition) is 4. The molecule has 0 aromatic heterocycles. The molecule has 0 fully saturated rings. The van der Waals surface area contributed by atoms with Gasteiger partial charge in [-0.05, 0) is 30.2 Å². The summed E-state index contributed by atoms with van der Waals surface area (Å²) in [6.45, 7) is 1.59. The van der Waals surface area contributed by atoms with Crippen molar-refractivity contribution in [1.29, 1.82) is 0 Å². The van der Waals surface area contributed by atoms with Crippen molar-refractivity contribution in [3.63, 3.8) is 0 Å². The lowest BCUT2D eigenvalue weighted by molar-refractivity contribution is 0.0470. The lowest BCUT2D eigenvalue weighted by atomic mass is 10.0. The third-order valence-electron chi connectivity index (χ3n) is 3.55. The van der Waals surface area contributed by atoms with Gasteiger partial charge in [-0.2, -0.15) is 0 Å². The lowest BCUT2D eigenvalue weighted by Crippen LogP contribution is -2.08. The van der Waals surface area contributed by atoms with Crippen LogP contribution in [0.25, 0.3) is 0 Å². The van der Waals surface area contributed by atoms with Crippen molar-refractivity contribution >= 4 is 5.97 Å². The van der Waals surface area contributed by atoms with E-state index in [1.807, 2.05) is 0 Å². The summed E-state index contributed by atoms with van der Waals surface area (Å²) in [5, 5.41) is 38.5. The molecule has 4 N–H and O–H groups in total. The topological polar surface area (TPSA) is 116 Å². The highest BCUT2D eigenvalue weighted by atomic mass is 16.5. The molecule has 0 bridgehead atoms. The molecule has 7 heteroatoms. The number of phenolic OH excluding ortho intramolecular Hbond substituents is 4. The fraction of sp³-hybridized carbons (Fsp3) is 0.235. The molecule has 2 rings (SSSR count). The van der Waals surface area contributed by atoms with Crippen molar-refractivity contribution in [3.8, 4) is 28.7 Å². The Kier molecular flexibility index (Phi) is 5.03. The van der Waals surface area contributed by atoms with Crippen molar-refractivity contribution in [2.75, 3.05) is 7.11 Å². The maximum Gasteiger partial charge on any atom is 0.339 e. The molecule has 2 aromatic rings. The molecule has 0 amide bonds. The zero-order chi connectivity index (χ0) is 17.9. The highest BCUT2D eigenvalue weighted by Crippen LogP contribution is 2.40. The average Bonchev–Trinajstić information content (AvgIpc) is 2.58. The number of ether oxygens (including phenoxy) is 2. The smallest absolute Gasteiger partial charge is 0.339 e. The summed E-state index contributed by atoms with van der Waals surface area (Å²) >= 11 is 0. The van der Waals surface area contributed by atoms with Gasteiger partial charge in [0.1, 0.15) is 6.61 Å². The molecule has 128 valence electrons. The van der Waals surface area contributed by atoms with E-state index in [9.17, 15) is 25.2 Å². The monoisotopic (exact) mass is 334 g/mol. The van der Waals surface area contributed by atoms with Gasteiger partial charge in [-0.3, -0.25) is 0 Å². The number of esters is 1. The molecule has 0 heterocycles. The fourth-order valence-electron chi connectivity index (χ4n) is 2.26. The quantitative estimate of drug-likeness (QED) is 0.490. The van der Waals surface area contributed by atoms with Crippen LogP contribution in [0.4, 0.5) is 0 Å². The van der Waals surface area contributed by atoms with Crippen LogP contribution < -0.4 is 4.74 Å². The molecule has 0 aliphatic carbocycles. The first kappa shape index (κ1) is 17.3. The van der Waals surface area contributed by atoms with Gasteiger partial charge in [0.05, 0.1) is 12.7 Å². The number of methoxy groups -OCH3 is 1. The highest BCUT2D eigenvalue weighted by molar-refractivity contribution is 5.93. The summed E-state index contributed by atoms with van der Waals surface area (Å²) in [5.74, 6) is -2.37. The molecule has 24 heavy (non-hydrogen) atoms. The second-order valence-corrected chi connectivity index (χ2v) is 5.05. The SMILES string of the molecule is CCc1c(C(=O)OCc2ccc(O)c(OC)c2)cc(O)c(O)c1O. The van der Waals surface area contributed by atoms with Crippen molar-refractivity contribution in [2.45, 2.75) is 20.0 Å². The number of phenols is 4. The van der Waals surface area contributed by atoms with E-state index in [1.54, 1.807) is 13.0 Å². The van der Waals surface area contributed by atoms with E-state index in [1.165, 1.54) is 19.2 Å². The molecule has 0 atom stereocenters. The summed E-state index contributed by atoms with van der Waals surface area (Å²) < 4.78 is 10.1. The normalized spacial score (nSPS) is 10.4. The molecule has 0 unspecified atom stereocenters. The Bertz CT molecular complexity index is 768. The van der Waals surface area contributed by atoms with Crippen LogP contribution >= 0.6 is 0 Å². The van der Waals surface area contributed by atoms with Crippen LogP contribution in [0.3, 0.4) is 0 Å². The predicted octanol–water partition coefficient (Wildman–Crippen LogP) is 2.44. The first-order chi connectivity index (χ1) is 11.4. The third-order valence-corrected chi connectivity index (χ3v) is 3.55. The van der Waals surface area contributed by atoms with Gasteiger partial charge in [0.15, 0.2) is 23.0 Å². The molecule has 0 radical (unpaired) electrons. The minimum absolute atomic E-state index is 0.0314. The second kappa shape index (κ2) is 6.99. The summed E-state index contributed by atoms with van der Waals surface area (Å²) in [6, 6.07) is 5.55. The Hall–Kier alpha value is -3.09. The van der Waals surface area contributed by atoms with E-state index in [-0.39, 0.29) is 35.7 Å². The van der Waals surface area contributed by atoms with Gasteiger partial charge in [0.25, 0.3) is 0 Å². The van der Waals surface area contributed by atoms with Gasteiger partial charge in [-0.25, -0.2) is 4.79 Å². The third kappa shape index (κ3) is 3.29. The van der Waals surface area contributed by atoms with Crippen LogP contribution in [-0.2, 0) is 17.8 Å². The molecule has 0 saturated heterocycles. The Balaban J connectivity index is 2.22. The molecular formula is C17H18O7. The first-order valence-electron chi connectivity index (χ1n) is 7.18. The molecule has 0 aliphatic heterocycles. The van der Waals surface area contributed by atoms with Crippen LogP contribution in [0.15, 0.2) is 24.3 Å². The molecular weight excluding hydrogens is 316 g/mol. The minimum Gasteiger partial charge on any atom is -0.504 e. The van der Waals surface area contributed by atoms with Crippen LogP contribution in [0, 0.1) is 0 Å². The zero-order valence-electron chi connectivity index (χ0n) is 13.2. The van der Waals surface area contributed by atoms with Crippen molar-refractivity contribution in [1.82, 2.24) is 0 Å². The number of aromatic hydroxyl groups is 4. The van der Waals surface area contributed by atoms with Crippen molar-refractivity contribution in [3.05, 3.63) is 41.0 Å². The number of carbonyl (C=O) groups is 1. The number of rotatable bonds is 5. The van der Waals surface area contributed by atoms with E-state index in [0.717, 1.165) is 6.07 Å². The molecule has 0 aliphatic rings. The van der Waals surface area contributed by atoms with E-state index >= 15 is 0 Å². The van der Waals surface area contributed by atoms with E-state index < -0.39 is 23.2 Å². The first-order valence-corrected chi connectivity index (χ1v) is 7.18. The number of carbonyl (C=O) groups excluding carboxylic acids is 1. The molecule has 0 saturated carbocycles. The average molecular weight is 334 g/mol. The van der Waals surface area contributed by atoms with E-state index in [2.05, 4.69) is 0 Å². The summed E-state index contributed by atoms with van der Waals surface area (Å²) in [5.41, 5.74) is 0.734. The second-order valence-electron chi connectivity index (χ2n) is 5.05. The lowest BCUT2D eigenvalue weighted by Gasteiger charge is -2.13. The van der Waals surface area contributed by atoms with Gasteiger partial charge in [0.2, 0.25) is 5.75 Å². The summed E-state index contributed by atoms with van der Waals surface area (Å²) in [7, 11) is 1.40. The molecule has 7 nitrogen and oxygen atoms in total. The Labute approximate surface area is 138 Å². The minimum atomic E-state index is -0.760. The van der Waals surface area contributed by atoms with Gasteiger partial charge in [-0.15, -0.1) is 0 Å². The molecule has 2 aromatic carbocycles. The van der Waals surface area contributed by atoms with Crippen molar-refractivity contribution < 1.29 is 34.7 Å². The van der Waals surface area contributed by atoms with Crippen LogP contribution in [0.5, 0.6) is 28.7 Å². The zero-order valence-corrected chi connectivity index (χ0v) is 13.2. The van der Waals surface area contributed by atoms with E-state index in [0.29, 0.717) is 5.56 Å². The van der Waals surface area contributed by atoms with Crippen LogP contribution in [0.2, 0.25) is 0 Å². The largest absolute Gasteiger partial charge is 0.504 e. The Morgan fingerprint density at radius 1 is 1.04 bits per heavy atom. The number of benzene rings is 2. The van der Waals surface area contributed by atoms with Crippen molar-refractivity contribution in [2.24, 2.45) is 0 Å². The predicted molar refractivity (Wildman–Crippen MR) is 84.6 cm³/mol. The molecule has 0 spiro atoms. The van der Waals surface area contributed by atoms with Gasteiger partial charge in [0, 0.05) is 5.56 Å². The van der Waals surface area contributed by atoms with Gasteiger partial charge < -0.3 is 29.9 Å². The number of hydrogen-bond acceptors (Lipinski definition) is 7. The maximum atomic E-state index is 12.2. The summed E-state index contributed by atoms with van der Waals surface area (Å²) in [4.78, 5) is 12.2. The Morgan fingerprint density at radius 2 is 1.75 bits per heavy atom. The standard InChI is InChI=1S/C17H18O7/c1-3-10-11(7-13(19)16(21)15(10)20)17(22)24-8-9-4-5-12(18)14(6-9)23-2/h4-7,18-21H,3,8H2,1-2H3. The highest BCUT2D eigenvalue weighted by Gasteiger charge is 2.21. The van der Waals surface area contributed by atoms with Gasteiger partial charge >= 0.3 is 5.97 Å². The van der Waals surface area contributed by atoms with Crippen LogP contribution in [0.1, 0.15) is 28.4 Å². The maximum absolute atomic E-state index is 12.2.